The van der Waals surface area contributed by atoms with E-state index < -0.39 is 17.0 Å². The van der Waals surface area contributed by atoms with Crippen LogP contribution in [-0.4, -0.2) is 27.6 Å². The molecule has 2 N–H and O–H groups in total. The fourth-order valence-corrected chi connectivity index (χ4v) is 2.90. The van der Waals surface area contributed by atoms with E-state index in [-0.39, 0.29) is 12.2 Å². The number of ketones is 1. The van der Waals surface area contributed by atoms with Gasteiger partial charge in [-0.15, -0.1) is 0 Å². The van der Waals surface area contributed by atoms with E-state index in [1.54, 1.807) is 26.0 Å². The third kappa shape index (κ3) is 3.32. The van der Waals surface area contributed by atoms with Crippen LogP contribution in [0.3, 0.4) is 0 Å². The first kappa shape index (κ1) is 17.4. The molecule has 0 amide bonds. The van der Waals surface area contributed by atoms with Crippen molar-refractivity contribution in [3.05, 3.63) is 34.9 Å². The maximum atomic E-state index is 12.1. The average molecular weight is 292 g/mol. The molecule has 4 nitrogen and oxygen atoms in total. The van der Waals surface area contributed by atoms with E-state index in [4.69, 9.17) is 5.11 Å². The predicted molar refractivity (Wildman–Crippen MR) is 81.9 cm³/mol. The summed E-state index contributed by atoms with van der Waals surface area (Å²) in [6, 6.07) is 0. The molecule has 0 unspecified atom stereocenters. The molecule has 0 radical (unpaired) electrons. The quantitative estimate of drug-likeness (QED) is 0.617. The summed E-state index contributed by atoms with van der Waals surface area (Å²) < 4.78 is 0. The SMILES string of the molecule is CCC1=C(C)[C@](O)(/C=C/C(C)=C\C(=O)O)C(C)(C)CC1=O. The molecule has 0 aromatic rings. The summed E-state index contributed by atoms with van der Waals surface area (Å²) in [5, 5.41) is 19.8. The third-order valence-corrected chi connectivity index (χ3v) is 4.29. The van der Waals surface area contributed by atoms with Crippen LogP contribution < -0.4 is 0 Å². The fraction of sp³-hybridized carbons (Fsp3) is 0.529. The van der Waals surface area contributed by atoms with Gasteiger partial charge in [0.15, 0.2) is 5.78 Å². The Hall–Kier alpha value is -1.68. The zero-order valence-electron chi connectivity index (χ0n) is 13.4. The minimum atomic E-state index is -1.25. The van der Waals surface area contributed by atoms with Crippen molar-refractivity contribution in [3.63, 3.8) is 0 Å². The smallest absolute Gasteiger partial charge is 0.328 e. The van der Waals surface area contributed by atoms with Gasteiger partial charge in [-0.05, 0) is 43.1 Å². The van der Waals surface area contributed by atoms with Crippen molar-refractivity contribution in [1.82, 2.24) is 0 Å². The zero-order valence-corrected chi connectivity index (χ0v) is 13.4. The Morgan fingerprint density at radius 2 is 1.95 bits per heavy atom. The van der Waals surface area contributed by atoms with Gasteiger partial charge in [0.1, 0.15) is 5.60 Å². The maximum Gasteiger partial charge on any atom is 0.328 e. The van der Waals surface area contributed by atoms with Crippen molar-refractivity contribution in [3.8, 4) is 0 Å². The molecule has 0 bridgehead atoms. The van der Waals surface area contributed by atoms with Crippen LogP contribution in [0, 0.1) is 5.41 Å². The van der Waals surface area contributed by atoms with E-state index in [1.165, 1.54) is 0 Å². The van der Waals surface area contributed by atoms with Crippen molar-refractivity contribution >= 4 is 11.8 Å². The second kappa shape index (κ2) is 5.98. The third-order valence-electron chi connectivity index (χ3n) is 4.29. The van der Waals surface area contributed by atoms with Crippen molar-refractivity contribution in [2.45, 2.75) is 53.1 Å². The van der Waals surface area contributed by atoms with Gasteiger partial charge < -0.3 is 10.2 Å². The van der Waals surface area contributed by atoms with Crippen LogP contribution in [-0.2, 0) is 9.59 Å². The molecule has 1 aliphatic rings. The summed E-state index contributed by atoms with van der Waals surface area (Å²) in [6.07, 6.45) is 5.15. The summed E-state index contributed by atoms with van der Waals surface area (Å²) in [7, 11) is 0. The second-order valence-corrected chi connectivity index (χ2v) is 6.27. The lowest BCUT2D eigenvalue weighted by atomic mass is 9.62. The Morgan fingerprint density at radius 1 is 1.38 bits per heavy atom. The highest BCUT2D eigenvalue weighted by atomic mass is 16.4. The van der Waals surface area contributed by atoms with Gasteiger partial charge in [0.2, 0.25) is 0 Å². The summed E-state index contributed by atoms with van der Waals surface area (Å²) in [6.45, 7) is 9.03. The normalized spacial score (nSPS) is 26.6. The van der Waals surface area contributed by atoms with E-state index in [1.807, 2.05) is 20.8 Å². The summed E-state index contributed by atoms with van der Waals surface area (Å²) in [5.41, 5.74) is -0.0198. The maximum absolute atomic E-state index is 12.1. The Bertz CT molecular complexity index is 549. The van der Waals surface area contributed by atoms with Gasteiger partial charge in [0.05, 0.1) is 0 Å². The lowest BCUT2D eigenvalue weighted by molar-refractivity contribution is -0.131. The number of carboxylic acids is 1. The molecule has 0 aliphatic heterocycles. The van der Waals surface area contributed by atoms with Crippen molar-refractivity contribution < 1.29 is 19.8 Å². The highest BCUT2D eigenvalue weighted by Gasteiger charge is 2.48. The monoisotopic (exact) mass is 292 g/mol. The minimum absolute atomic E-state index is 0.0795. The van der Waals surface area contributed by atoms with Crippen LogP contribution in [0.5, 0.6) is 0 Å². The lowest BCUT2D eigenvalue weighted by Gasteiger charge is -2.45. The van der Waals surface area contributed by atoms with E-state index in [0.717, 1.165) is 6.08 Å². The van der Waals surface area contributed by atoms with Gasteiger partial charge in [-0.2, -0.15) is 0 Å². The average Bonchev–Trinajstić information content (AvgIpc) is 2.33. The van der Waals surface area contributed by atoms with Crippen molar-refractivity contribution in [2.75, 3.05) is 0 Å². The van der Waals surface area contributed by atoms with E-state index in [0.29, 0.717) is 23.1 Å². The second-order valence-electron chi connectivity index (χ2n) is 6.27. The molecule has 1 atom stereocenters. The molecule has 0 aromatic carbocycles. The lowest BCUT2D eigenvalue weighted by Crippen LogP contribution is -2.49. The molecule has 4 heteroatoms. The van der Waals surface area contributed by atoms with E-state index in [2.05, 4.69) is 0 Å². The molecule has 0 spiro atoms. The van der Waals surface area contributed by atoms with Crippen LogP contribution in [0.25, 0.3) is 0 Å². The number of carbonyl (C=O) groups is 2. The van der Waals surface area contributed by atoms with Gasteiger partial charge >= 0.3 is 5.97 Å². The highest BCUT2D eigenvalue weighted by Crippen LogP contribution is 2.47. The van der Waals surface area contributed by atoms with E-state index >= 15 is 0 Å². The number of allylic oxidation sites excluding steroid dienone is 3. The molecule has 1 aliphatic carbocycles. The van der Waals surface area contributed by atoms with Gasteiger partial charge in [0.25, 0.3) is 0 Å². The van der Waals surface area contributed by atoms with E-state index in [9.17, 15) is 14.7 Å². The summed E-state index contributed by atoms with van der Waals surface area (Å²) in [4.78, 5) is 22.8. The standard InChI is InChI=1S/C17H24O4/c1-6-13-12(3)17(21,16(4,5)10-14(13)18)8-7-11(2)9-15(19)20/h7-9,21H,6,10H2,1-5H3,(H,19,20)/b8-7+,11-9-/t17-/m1/s1. The van der Waals surface area contributed by atoms with Gasteiger partial charge in [0, 0.05) is 17.9 Å². The first-order chi connectivity index (χ1) is 9.55. The molecule has 116 valence electrons. The van der Waals surface area contributed by atoms with Crippen LogP contribution >= 0.6 is 0 Å². The number of hydrogen-bond donors (Lipinski definition) is 2. The number of Topliss-reactive ketones (excluding diaryl/α,β-unsaturated/α-hetero) is 1. The Labute approximate surface area is 125 Å². The molecule has 21 heavy (non-hydrogen) atoms. The summed E-state index contributed by atoms with van der Waals surface area (Å²) >= 11 is 0. The molecular formula is C17H24O4. The molecule has 1 rings (SSSR count). The first-order valence-electron chi connectivity index (χ1n) is 7.11. The molecule has 0 fully saturated rings. The Balaban J connectivity index is 3.33. The number of hydrogen-bond acceptors (Lipinski definition) is 3. The van der Waals surface area contributed by atoms with Gasteiger partial charge in [-0.3, -0.25) is 4.79 Å². The zero-order chi connectivity index (χ0) is 16.4. The van der Waals surface area contributed by atoms with Crippen molar-refractivity contribution in [1.29, 1.82) is 0 Å². The number of rotatable bonds is 4. The number of carboxylic acid groups (broad SMARTS) is 1. The van der Waals surface area contributed by atoms with Gasteiger partial charge in [-0.1, -0.05) is 26.8 Å². The van der Waals surface area contributed by atoms with Crippen molar-refractivity contribution in [2.24, 2.45) is 5.41 Å². The van der Waals surface area contributed by atoms with Crippen LogP contribution in [0.1, 0.15) is 47.5 Å². The minimum Gasteiger partial charge on any atom is -0.478 e. The topological polar surface area (TPSA) is 74.6 Å². The Kier molecular flexibility index (Phi) is 4.95. The van der Waals surface area contributed by atoms with Crippen LogP contribution in [0.15, 0.2) is 34.9 Å². The highest BCUT2D eigenvalue weighted by molar-refractivity contribution is 5.98. The Morgan fingerprint density at radius 3 is 2.43 bits per heavy atom. The molecule has 0 saturated heterocycles. The molecule has 0 heterocycles. The first-order valence-corrected chi connectivity index (χ1v) is 7.11. The predicted octanol–water partition coefficient (Wildman–Crippen LogP) is 3.03. The fourth-order valence-electron chi connectivity index (χ4n) is 2.90. The molecule has 0 aromatic heterocycles. The van der Waals surface area contributed by atoms with Crippen LogP contribution in [0.2, 0.25) is 0 Å². The number of carbonyl (C=O) groups excluding carboxylic acids is 1. The largest absolute Gasteiger partial charge is 0.478 e. The molecule has 0 saturated carbocycles. The molecular weight excluding hydrogens is 268 g/mol. The summed E-state index contributed by atoms with van der Waals surface area (Å²) in [5.74, 6) is -0.945. The number of aliphatic carboxylic acids is 1. The van der Waals surface area contributed by atoms with Crippen LogP contribution in [0.4, 0.5) is 0 Å². The number of aliphatic hydroxyl groups is 1. The van der Waals surface area contributed by atoms with Gasteiger partial charge in [-0.25, -0.2) is 4.79 Å².